The van der Waals surface area contributed by atoms with Crippen molar-refractivity contribution >= 4 is 44.7 Å². The van der Waals surface area contributed by atoms with Gasteiger partial charge in [0.05, 0.1) is 30.3 Å². The molecule has 0 fully saturated rings. The molecule has 0 saturated heterocycles. The maximum atomic E-state index is 12.8. The molecule has 178 valence electrons. The van der Waals surface area contributed by atoms with Gasteiger partial charge in [-0.05, 0) is 54.8 Å². The SMILES string of the molecule is Cc1coc2cc3oc(=O)c(CC(=O)N[C@H](Cc4c[nH]c5ccc(O)cc45)C(=O)[O-])c(C)c3cc12. The predicted molar refractivity (Wildman–Crippen MR) is 126 cm³/mol. The van der Waals surface area contributed by atoms with Crippen LogP contribution in [0.4, 0.5) is 0 Å². The number of rotatable bonds is 6. The number of carboxylic acids is 1. The molecule has 3 N–H and O–H groups in total. The molecule has 0 saturated carbocycles. The maximum absolute atomic E-state index is 12.8. The van der Waals surface area contributed by atoms with Crippen molar-refractivity contribution < 1.29 is 28.6 Å². The summed E-state index contributed by atoms with van der Waals surface area (Å²) in [5.41, 5.74) is 3.20. The molecule has 3 aromatic heterocycles. The predicted octanol–water partition coefficient (Wildman–Crippen LogP) is 2.36. The zero-order valence-corrected chi connectivity index (χ0v) is 18.9. The van der Waals surface area contributed by atoms with Crippen LogP contribution in [0.2, 0.25) is 0 Å². The monoisotopic (exact) mass is 473 g/mol. The van der Waals surface area contributed by atoms with E-state index in [9.17, 15) is 24.6 Å². The molecular formula is C26H21N2O7-. The molecule has 9 heteroatoms. The number of aromatic amines is 1. The first-order valence-corrected chi connectivity index (χ1v) is 10.9. The van der Waals surface area contributed by atoms with Gasteiger partial charge in [0.15, 0.2) is 0 Å². The highest BCUT2D eigenvalue weighted by Crippen LogP contribution is 2.29. The molecule has 0 aliphatic rings. The summed E-state index contributed by atoms with van der Waals surface area (Å²) in [4.78, 5) is 40.2. The first-order valence-electron chi connectivity index (χ1n) is 10.9. The first-order chi connectivity index (χ1) is 16.7. The molecule has 1 amide bonds. The van der Waals surface area contributed by atoms with Crippen molar-refractivity contribution in [1.29, 1.82) is 0 Å². The lowest BCUT2D eigenvalue weighted by atomic mass is 10.0. The Morgan fingerprint density at radius 3 is 2.69 bits per heavy atom. The van der Waals surface area contributed by atoms with Crippen LogP contribution in [-0.2, 0) is 22.4 Å². The molecular weight excluding hydrogens is 452 g/mol. The Balaban J connectivity index is 1.41. The van der Waals surface area contributed by atoms with Gasteiger partial charge in [0.2, 0.25) is 5.91 Å². The van der Waals surface area contributed by atoms with Crippen molar-refractivity contribution in [3.8, 4) is 5.75 Å². The molecule has 9 nitrogen and oxygen atoms in total. The lowest BCUT2D eigenvalue weighted by Gasteiger charge is -2.20. The number of carboxylic acid groups (broad SMARTS) is 1. The zero-order valence-electron chi connectivity index (χ0n) is 18.9. The van der Waals surface area contributed by atoms with Gasteiger partial charge in [-0.25, -0.2) is 4.79 Å². The summed E-state index contributed by atoms with van der Waals surface area (Å²) in [5.74, 6) is -2.08. The van der Waals surface area contributed by atoms with E-state index in [2.05, 4.69) is 10.3 Å². The molecule has 3 heterocycles. The van der Waals surface area contributed by atoms with E-state index in [1.54, 1.807) is 31.5 Å². The quantitative estimate of drug-likeness (QED) is 0.321. The number of H-pyrrole nitrogens is 1. The number of phenols is 1. The molecule has 0 aliphatic heterocycles. The highest BCUT2D eigenvalue weighted by molar-refractivity contribution is 5.97. The highest BCUT2D eigenvalue weighted by Gasteiger charge is 2.20. The fourth-order valence-corrected chi connectivity index (χ4v) is 4.40. The Labute approximate surface area is 198 Å². The number of carbonyl (C=O) groups is 2. The van der Waals surface area contributed by atoms with E-state index in [-0.39, 0.29) is 24.2 Å². The number of fused-ring (bicyclic) bond motifs is 3. The topological polar surface area (TPSA) is 149 Å². The number of furan rings is 1. The number of hydrogen-bond acceptors (Lipinski definition) is 7. The summed E-state index contributed by atoms with van der Waals surface area (Å²) in [5, 5.41) is 26.2. The van der Waals surface area contributed by atoms with Gasteiger partial charge in [-0.3, -0.25) is 4.79 Å². The average molecular weight is 473 g/mol. The standard InChI is InChI=1S/C26H22N2O7/c1-12-11-34-22-9-23-17(7-16(12)22)13(2)18(26(33)35-23)8-24(30)28-21(25(31)32)5-14-10-27-20-4-3-15(29)6-19(14)20/h3-4,6-7,9-11,21,27,29H,5,8H2,1-2H3,(H,28,30)(H,31,32)/p-1/t21-/m1/s1. The summed E-state index contributed by atoms with van der Waals surface area (Å²) in [6.07, 6.45) is 2.80. The van der Waals surface area contributed by atoms with Crippen LogP contribution in [-0.4, -0.2) is 28.0 Å². The number of benzene rings is 2. The molecule has 0 radical (unpaired) electrons. The van der Waals surface area contributed by atoms with E-state index in [4.69, 9.17) is 8.83 Å². The van der Waals surface area contributed by atoms with Gasteiger partial charge in [0, 0.05) is 40.4 Å². The fraction of sp³-hybridized carbons (Fsp3) is 0.192. The van der Waals surface area contributed by atoms with Crippen LogP contribution in [0.1, 0.15) is 22.3 Å². The molecule has 2 aromatic carbocycles. The minimum Gasteiger partial charge on any atom is -0.548 e. The molecule has 1 atom stereocenters. The second-order valence-corrected chi connectivity index (χ2v) is 8.62. The molecule has 0 unspecified atom stereocenters. The van der Waals surface area contributed by atoms with E-state index in [1.807, 2.05) is 13.0 Å². The Morgan fingerprint density at radius 2 is 1.91 bits per heavy atom. The number of carbonyl (C=O) groups excluding carboxylic acids is 2. The first kappa shape index (κ1) is 22.3. The van der Waals surface area contributed by atoms with Gasteiger partial charge in [-0.2, -0.15) is 0 Å². The van der Waals surface area contributed by atoms with E-state index >= 15 is 0 Å². The smallest absolute Gasteiger partial charge is 0.340 e. The van der Waals surface area contributed by atoms with Gasteiger partial charge in [-0.1, -0.05) is 0 Å². The minimum absolute atomic E-state index is 0.0359. The minimum atomic E-state index is -1.46. The fourth-order valence-electron chi connectivity index (χ4n) is 4.40. The second-order valence-electron chi connectivity index (χ2n) is 8.62. The molecule has 5 aromatic rings. The summed E-state index contributed by atoms with van der Waals surface area (Å²) in [7, 11) is 0. The summed E-state index contributed by atoms with van der Waals surface area (Å²) < 4.78 is 10.9. The number of aromatic hydroxyl groups is 1. The van der Waals surface area contributed by atoms with E-state index in [1.165, 1.54) is 12.1 Å². The Morgan fingerprint density at radius 1 is 1.11 bits per heavy atom. The number of hydrogen-bond donors (Lipinski definition) is 3. The van der Waals surface area contributed by atoms with Crippen LogP contribution in [0, 0.1) is 13.8 Å². The third kappa shape index (κ3) is 4.01. The highest BCUT2D eigenvalue weighted by atomic mass is 16.4. The Kier molecular flexibility index (Phi) is 5.32. The van der Waals surface area contributed by atoms with Gasteiger partial charge in [-0.15, -0.1) is 0 Å². The molecule has 0 bridgehead atoms. The van der Waals surface area contributed by atoms with Gasteiger partial charge < -0.3 is 34.1 Å². The van der Waals surface area contributed by atoms with Crippen molar-refractivity contribution in [2.24, 2.45) is 0 Å². The molecule has 35 heavy (non-hydrogen) atoms. The van der Waals surface area contributed by atoms with Crippen molar-refractivity contribution in [3.63, 3.8) is 0 Å². The van der Waals surface area contributed by atoms with Crippen LogP contribution >= 0.6 is 0 Å². The molecule has 5 rings (SSSR count). The normalized spacial score (nSPS) is 12.4. The number of phenolic OH excluding ortho intramolecular Hbond substituents is 1. The lowest BCUT2D eigenvalue weighted by molar-refractivity contribution is -0.308. The van der Waals surface area contributed by atoms with Crippen LogP contribution < -0.4 is 16.0 Å². The van der Waals surface area contributed by atoms with Crippen molar-refractivity contribution in [2.45, 2.75) is 32.7 Å². The van der Waals surface area contributed by atoms with Crippen molar-refractivity contribution in [2.75, 3.05) is 0 Å². The molecule has 0 aliphatic carbocycles. The number of nitrogens with one attached hydrogen (secondary N) is 2. The maximum Gasteiger partial charge on any atom is 0.340 e. The number of aromatic nitrogens is 1. The van der Waals surface area contributed by atoms with Crippen LogP contribution in [0.25, 0.3) is 32.8 Å². The Hall–Kier alpha value is -4.53. The van der Waals surface area contributed by atoms with Crippen molar-refractivity contribution in [1.82, 2.24) is 10.3 Å². The number of amides is 1. The third-order valence-corrected chi connectivity index (χ3v) is 6.31. The number of aryl methyl sites for hydroxylation is 2. The summed E-state index contributed by atoms with van der Waals surface area (Å²) in [6.45, 7) is 3.62. The van der Waals surface area contributed by atoms with Gasteiger partial charge in [0.1, 0.15) is 16.9 Å². The zero-order chi connectivity index (χ0) is 24.9. The van der Waals surface area contributed by atoms with Crippen LogP contribution in [0.3, 0.4) is 0 Å². The van der Waals surface area contributed by atoms with Gasteiger partial charge >= 0.3 is 5.63 Å². The Bertz CT molecular complexity index is 1690. The largest absolute Gasteiger partial charge is 0.548 e. The average Bonchev–Trinajstić information content (AvgIpc) is 3.37. The van der Waals surface area contributed by atoms with E-state index < -0.39 is 23.5 Å². The van der Waals surface area contributed by atoms with Crippen molar-refractivity contribution in [3.05, 3.63) is 75.5 Å². The lowest BCUT2D eigenvalue weighted by Crippen LogP contribution is -2.49. The number of aliphatic carboxylic acids is 1. The molecule has 0 spiro atoms. The van der Waals surface area contributed by atoms with Crippen LogP contribution in [0.5, 0.6) is 5.75 Å². The summed E-state index contributed by atoms with van der Waals surface area (Å²) >= 11 is 0. The van der Waals surface area contributed by atoms with Crippen LogP contribution in [0.15, 0.2) is 56.4 Å². The van der Waals surface area contributed by atoms with E-state index in [0.717, 1.165) is 10.9 Å². The van der Waals surface area contributed by atoms with E-state index in [0.29, 0.717) is 38.6 Å². The third-order valence-electron chi connectivity index (χ3n) is 6.31. The summed E-state index contributed by atoms with van der Waals surface area (Å²) in [6, 6.07) is 6.83. The van der Waals surface area contributed by atoms with Gasteiger partial charge in [0.25, 0.3) is 0 Å². The second kappa shape index (κ2) is 8.35.